The van der Waals surface area contributed by atoms with Crippen LogP contribution in [0.5, 0.6) is 11.5 Å². The minimum absolute atomic E-state index is 0.0545. The zero-order valence-corrected chi connectivity index (χ0v) is 48.7. The van der Waals surface area contributed by atoms with E-state index >= 15 is 0 Å². The van der Waals surface area contributed by atoms with Crippen molar-refractivity contribution in [3.8, 4) is 11.5 Å². The number of hydrogen-bond acceptors (Lipinski definition) is 15. The first-order valence-corrected chi connectivity index (χ1v) is 30.9. The molecule has 424 valence electrons. The SMILES string of the molecule is CCCC(c1ccc(C)c(CN2CC(C)Oc3ccccc3S2(=O)=O)c1)c1cc(OCC(=O)NCCCCCCN2CCN(c3ccc(Nc4ncc(Cl)c(Nc5ccccc5S(=O)(=O)C(C)C)n4)cc3)CC2)c2c(c1)nnn2C. The van der Waals surface area contributed by atoms with Crippen LogP contribution in [-0.4, -0.2) is 121 Å². The van der Waals surface area contributed by atoms with Gasteiger partial charge in [-0.2, -0.15) is 9.29 Å². The van der Waals surface area contributed by atoms with Gasteiger partial charge in [0.1, 0.15) is 38.6 Å². The first-order chi connectivity index (χ1) is 38.5. The first-order valence-electron chi connectivity index (χ1n) is 27.5. The molecule has 4 heterocycles. The number of aromatic nitrogens is 5. The number of nitrogens with zero attached hydrogens (tertiary/aromatic N) is 8. The largest absolute Gasteiger partial charge is 0.488 e. The van der Waals surface area contributed by atoms with Crippen LogP contribution in [0.4, 0.5) is 28.8 Å². The van der Waals surface area contributed by atoms with E-state index in [-0.39, 0.29) is 58.3 Å². The monoisotopic (exact) mass is 1150 g/mol. The summed E-state index contributed by atoms with van der Waals surface area (Å²) >= 11 is 6.45. The van der Waals surface area contributed by atoms with Crippen LogP contribution in [-0.2, 0) is 38.2 Å². The summed E-state index contributed by atoms with van der Waals surface area (Å²) in [4.78, 5) is 27.3. The highest BCUT2D eigenvalue weighted by Gasteiger charge is 2.34. The molecule has 7 aromatic rings. The average molecular weight is 1150 g/mol. The molecule has 9 rings (SSSR count). The molecular weight excluding hydrogens is 1070 g/mol. The molecule has 3 N–H and O–H groups in total. The van der Waals surface area contributed by atoms with Gasteiger partial charge in [-0.15, -0.1) is 5.10 Å². The van der Waals surface area contributed by atoms with Crippen molar-refractivity contribution in [2.24, 2.45) is 7.05 Å². The molecule has 0 spiro atoms. The Kier molecular flexibility index (Phi) is 18.6. The number of halogens is 1. The van der Waals surface area contributed by atoms with Crippen LogP contribution in [0.3, 0.4) is 0 Å². The summed E-state index contributed by atoms with van der Waals surface area (Å²) in [5, 5.41) is 17.8. The van der Waals surface area contributed by atoms with Gasteiger partial charge < -0.3 is 30.3 Å². The molecule has 18 nitrogen and oxygen atoms in total. The van der Waals surface area contributed by atoms with E-state index in [0.29, 0.717) is 40.7 Å². The fraction of sp³-hybridized carbons (Fsp3) is 0.407. The van der Waals surface area contributed by atoms with Crippen molar-refractivity contribution in [3.63, 3.8) is 0 Å². The molecule has 0 saturated carbocycles. The van der Waals surface area contributed by atoms with Crippen LogP contribution in [0, 0.1) is 6.92 Å². The molecular formula is C59H72ClN11O7S2. The molecule has 1 saturated heterocycles. The lowest BCUT2D eigenvalue weighted by atomic mass is 9.85. The molecule has 0 aliphatic carbocycles. The van der Waals surface area contributed by atoms with E-state index in [2.05, 4.69) is 83.3 Å². The van der Waals surface area contributed by atoms with E-state index < -0.39 is 25.1 Å². The number of hydrogen-bond donors (Lipinski definition) is 3. The fourth-order valence-electron chi connectivity index (χ4n) is 10.3. The number of para-hydroxylation sites is 2. The van der Waals surface area contributed by atoms with Crippen LogP contribution < -0.4 is 30.3 Å². The molecule has 1 amide bonds. The lowest BCUT2D eigenvalue weighted by molar-refractivity contribution is -0.123. The molecule has 2 atom stereocenters. The maximum absolute atomic E-state index is 14.0. The smallest absolute Gasteiger partial charge is 0.257 e. The van der Waals surface area contributed by atoms with Crippen molar-refractivity contribution in [1.29, 1.82) is 0 Å². The third-order valence-corrected chi connectivity index (χ3v) is 19.1. The van der Waals surface area contributed by atoms with Crippen molar-refractivity contribution in [2.45, 2.75) is 107 Å². The third kappa shape index (κ3) is 13.7. The number of carbonyl (C=O) groups is 1. The number of unbranched alkanes of at least 4 members (excludes halogenated alkanes) is 3. The minimum atomic E-state index is -3.82. The van der Waals surface area contributed by atoms with Crippen molar-refractivity contribution in [1.82, 2.24) is 39.5 Å². The number of piperazine rings is 1. The van der Waals surface area contributed by atoms with Gasteiger partial charge in [0, 0.05) is 63.6 Å². The number of sulfonamides is 1. The van der Waals surface area contributed by atoms with Gasteiger partial charge in [-0.3, -0.25) is 9.69 Å². The number of carbonyl (C=O) groups excluding carboxylic acids is 1. The van der Waals surface area contributed by atoms with Gasteiger partial charge in [0.2, 0.25) is 16.0 Å². The topological polar surface area (TPSA) is 206 Å². The normalized spacial score (nSPS) is 16.2. The number of nitrogens with one attached hydrogen (secondary N) is 3. The molecule has 80 heavy (non-hydrogen) atoms. The van der Waals surface area contributed by atoms with Gasteiger partial charge >= 0.3 is 0 Å². The summed E-state index contributed by atoms with van der Waals surface area (Å²) in [5.74, 6) is 1.26. The van der Waals surface area contributed by atoms with Crippen LogP contribution in [0.15, 0.2) is 119 Å². The summed E-state index contributed by atoms with van der Waals surface area (Å²) in [6, 6.07) is 32.0. The Balaban J connectivity index is 0.709. The molecule has 2 aliphatic heterocycles. The predicted octanol–water partition coefficient (Wildman–Crippen LogP) is 10.2. The van der Waals surface area contributed by atoms with E-state index in [1.165, 1.54) is 10.5 Å². The van der Waals surface area contributed by atoms with Gasteiger partial charge in [-0.1, -0.05) is 85.5 Å². The van der Waals surface area contributed by atoms with Gasteiger partial charge in [0.15, 0.2) is 22.3 Å². The molecule has 2 aromatic heterocycles. The minimum Gasteiger partial charge on any atom is -0.488 e. The number of ether oxygens (including phenoxy) is 2. The average Bonchev–Trinajstić information content (AvgIpc) is 3.84. The number of sulfone groups is 1. The van der Waals surface area contributed by atoms with E-state index in [4.69, 9.17) is 21.1 Å². The second kappa shape index (κ2) is 25.7. The molecule has 2 unspecified atom stereocenters. The van der Waals surface area contributed by atoms with Crippen LogP contribution >= 0.6 is 11.6 Å². The van der Waals surface area contributed by atoms with Crippen LogP contribution in [0.1, 0.15) is 94.4 Å². The van der Waals surface area contributed by atoms with E-state index in [0.717, 1.165) is 105 Å². The molecule has 0 radical (unpaired) electrons. The van der Waals surface area contributed by atoms with Crippen molar-refractivity contribution in [3.05, 3.63) is 137 Å². The van der Waals surface area contributed by atoms with Crippen molar-refractivity contribution >= 4 is 77.2 Å². The van der Waals surface area contributed by atoms with Crippen molar-refractivity contribution < 1.29 is 31.1 Å². The number of aryl methyl sites for hydroxylation is 2. The van der Waals surface area contributed by atoms with Gasteiger partial charge in [-0.05, 0) is 136 Å². The third-order valence-electron chi connectivity index (χ3n) is 14.8. The Morgan fingerprint density at radius 3 is 2.42 bits per heavy atom. The Labute approximate surface area is 475 Å². The van der Waals surface area contributed by atoms with Gasteiger partial charge in [-0.25, -0.2) is 26.5 Å². The summed E-state index contributed by atoms with van der Waals surface area (Å²) in [6.45, 7) is 15.0. The summed E-state index contributed by atoms with van der Waals surface area (Å²) < 4.78 is 69.5. The Hall–Kier alpha value is -6.84. The van der Waals surface area contributed by atoms with E-state index in [9.17, 15) is 21.6 Å². The van der Waals surface area contributed by atoms with Crippen LogP contribution in [0.25, 0.3) is 11.0 Å². The fourth-order valence-corrected chi connectivity index (χ4v) is 13.3. The highest BCUT2D eigenvalue weighted by Crippen LogP contribution is 2.38. The zero-order chi connectivity index (χ0) is 56.6. The first kappa shape index (κ1) is 57.8. The highest BCUT2D eigenvalue weighted by atomic mass is 35.5. The molecule has 2 aliphatic rings. The molecule has 5 aromatic carbocycles. The number of amides is 1. The molecule has 21 heteroatoms. The highest BCUT2D eigenvalue weighted by molar-refractivity contribution is 7.92. The second-order valence-electron chi connectivity index (χ2n) is 21.0. The van der Waals surface area contributed by atoms with Crippen molar-refractivity contribution in [2.75, 3.05) is 68.0 Å². The van der Waals surface area contributed by atoms with E-state index in [1.54, 1.807) is 67.1 Å². The number of rotatable bonds is 23. The molecule has 0 bridgehead atoms. The summed E-state index contributed by atoms with van der Waals surface area (Å²) in [6.07, 6.45) is 6.91. The second-order valence-corrected chi connectivity index (χ2v) is 25.7. The summed E-state index contributed by atoms with van der Waals surface area (Å²) in [5.41, 5.74) is 7.64. The standard InChI is InChI=1S/C59H72ClN11O7S2/c1-7-16-48(43-22-21-41(4)45(33-43)38-71-37-42(5)78-52-18-11-13-20-55(52)80(71,75)76)44-34-51-57(68(6)67-66-51)53(35-44)77-39-56(72)61-27-14-8-9-15-28-69-29-31-70(32-30-69)47-25-23-46(24-26-47)63-59-62-36-49(60)58(65-59)64-50-17-10-12-19-54(50)79(73,74)40(2)3/h10-13,17-26,33-36,40,42,48H,7-9,14-16,27-32,37-39H2,1-6H3,(H,61,72)(H2,62,63,64,65). The number of fused-ring (bicyclic) bond motifs is 2. The van der Waals surface area contributed by atoms with Gasteiger partial charge in [0.05, 0.1) is 28.6 Å². The number of benzene rings is 5. The van der Waals surface area contributed by atoms with Crippen LogP contribution in [0.2, 0.25) is 5.02 Å². The van der Waals surface area contributed by atoms with Gasteiger partial charge in [0.25, 0.3) is 5.91 Å². The maximum atomic E-state index is 14.0. The number of anilines is 5. The van der Waals surface area contributed by atoms with E-state index in [1.807, 2.05) is 45.2 Å². The predicted molar refractivity (Wildman–Crippen MR) is 315 cm³/mol. The maximum Gasteiger partial charge on any atom is 0.257 e. The lowest BCUT2D eigenvalue weighted by Gasteiger charge is -2.36. The Morgan fingerprint density at radius 1 is 0.900 bits per heavy atom. The quantitative estimate of drug-likeness (QED) is 0.0510. The molecule has 1 fully saturated rings. The summed E-state index contributed by atoms with van der Waals surface area (Å²) in [7, 11) is -5.56. The lowest BCUT2D eigenvalue weighted by Crippen LogP contribution is -2.46. The Bertz CT molecular complexity index is 3520. The Morgan fingerprint density at radius 2 is 1.65 bits per heavy atom. The zero-order valence-electron chi connectivity index (χ0n) is 46.4.